The second-order valence-electron chi connectivity index (χ2n) is 4.81. The third-order valence-electron chi connectivity index (χ3n) is 3.88. The molecular weight excluding hydrogens is 198 g/mol. The minimum absolute atomic E-state index is 0.586. The average Bonchev–Trinajstić information content (AvgIpc) is 2.66. The van der Waals surface area contributed by atoms with Crippen LogP contribution in [-0.4, -0.2) is 16.1 Å². The number of aromatic nitrogens is 2. The van der Waals surface area contributed by atoms with E-state index in [4.69, 9.17) is 5.73 Å². The van der Waals surface area contributed by atoms with Crippen LogP contribution in [0.5, 0.6) is 0 Å². The Balaban J connectivity index is 2.21. The van der Waals surface area contributed by atoms with Gasteiger partial charge in [0.15, 0.2) is 0 Å². The Morgan fingerprint density at radius 3 is 2.94 bits per heavy atom. The molecule has 1 aromatic heterocycles. The van der Waals surface area contributed by atoms with Crippen LogP contribution in [0.1, 0.15) is 50.8 Å². The van der Waals surface area contributed by atoms with Crippen LogP contribution < -0.4 is 5.73 Å². The predicted octanol–water partition coefficient (Wildman–Crippen LogP) is 2.53. The molecule has 0 saturated heterocycles. The summed E-state index contributed by atoms with van der Waals surface area (Å²) in [5, 5.41) is 0. The van der Waals surface area contributed by atoms with Crippen molar-refractivity contribution in [2.24, 2.45) is 11.7 Å². The summed E-state index contributed by atoms with van der Waals surface area (Å²) < 4.78 is 2.28. The van der Waals surface area contributed by atoms with Crippen LogP contribution in [0.2, 0.25) is 0 Å². The van der Waals surface area contributed by atoms with Gasteiger partial charge in [-0.3, -0.25) is 0 Å². The standard InChI is InChI=1S/C13H23N3/c1-2-16-9-8-15-13(16)12-7-5-3-4-6-11(12)10-14/h8-9,11-12H,2-7,10,14H2,1H3. The Kier molecular flexibility index (Phi) is 3.99. The molecule has 1 aliphatic rings. The maximum Gasteiger partial charge on any atom is 0.112 e. The summed E-state index contributed by atoms with van der Waals surface area (Å²) in [6.45, 7) is 4.00. The van der Waals surface area contributed by atoms with E-state index >= 15 is 0 Å². The monoisotopic (exact) mass is 221 g/mol. The Hall–Kier alpha value is -0.830. The molecule has 2 atom stereocenters. The number of hydrogen-bond acceptors (Lipinski definition) is 2. The van der Waals surface area contributed by atoms with E-state index in [9.17, 15) is 0 Å². The van der Waals surface area contributed by atoms with Gasteiger partial charge in [-0.05, 0) is 32.2 Å². The second kappa shape index (κ2) is 5.48. The van der Waals surface area contributed by atoms with Gasteiger partial charge in [0, 0.05) is 24.9 Å². The molecule has 1 aromatic rings. The first kappa shape index (κ1) is 11.6. The van der Waals surface area contributed by atoms with E-state index < -0.39 is 0 Å². The highest BCUT2D eigenvalue weighted by molar-refractivity contribution is 5.03. The zero-order valence-electron chi connectivity index (χ0n) is 10.2. The maximum atomic E-state index is 5.92. The van der Waals surface area contributed by atoms with E-state index in [2.05, 4.69) is 22.7 Å². The molecule has 2 unspecified atom stereocenters. The SMILES string of the molecule is CCn1ccnc1C1CCCCCC1CN. The first-order valence-electron chi connectivity index (χ1n) is 6.58. The third-order valence-corrected chi connectivity index (χ3v) is 3.88. The van der Waals surface area contributed by atoms with Crippen LogP contribution in [0.15, 0.2) is 12.4 Å². The molecule has 0 radical (unpaired) electrons. The van der Waals surface area contributed by atoms with E-state index in [0.717, 1.165) is 13.1 Å². The lowest BCUT2D eigenvalue weighted by Gasteiger charge is -2.23. The zero-order valence-corrected chi connectivity index (χ0v) is 10.2. The van der Waals surface area contributed by atoms with Crippen molar-refractivity contribution in [1.29, 1.82) is 0 Å². The molecule has 1 heterocycles. The summed E-state index contributed by atoms with van der Waals surface area (Å²) >= 11 is 0. The summed E-state index contributed by atoms with van der Waals surface area (Å²) in [6.07, 6.45) is 10.6. The van der Waals surface area contributed by atoms with Crippen molar-refractivity contribution >= 4 is 0 Å². The highest BCUT2D eigenvalue weighted by Gasteiger charge is 2.26. The molecule has 16 heavy (non-hydrogen) atoms. The van der Waals surface area contributed by atoms with Crippen molar-refractivity contribution in [3.05, 3.63) is 18.2 Å². The molecule has 90 valence electrons. The largest absolute Gasteiger partial charge is 0.335 e. The molecule has 0 aromatic carbocycles. The molecule has 1 aliphatic carbocycles. The first-order valence-corrected chi connectivity index (χ1v) is 6.58. The Morgan fingerprint density at radius 1 is 1.38 bits per heavy atom. The van der Waals surface area contributed by atoms with Gasteiger partial charge in [-0.1, -0.05) is 19.3 Å². The van der Waals surface area contributed by atoms with Crippen LogP contribution in [0.3, 0.4) is 0 Å². The minimum atomic E-state index is 0.586. The molecular formula is C13H23N3. The van der Waals surface area contributed by atoms with E-state index in [1.807, 2.05) is 6.20 Å². The van der Waals surface area contributed by atoms with Crippen LogP contribution in [0.4, 0.5) is 0 Å². The topological polar surface area (TPSA) is 43.8 Å². The highest BCUT2D eigenvalue weighted by atomic mass is 15.1. The van der Waals surface area contributed by atoms with Gasteiger partial charge in [0.25, 0.3) is 0 Å². The van der Waals surface area contributed by atoms with E-state index in [1.54, 1.807) is 0 Å². The molecule has 0 spiro atoms. The van der Waals surface area contributed by atoms with Crippen LogP contribution >= 0.6 is 0 Å². The van der Waals surface area contributed by atoms with Gasteiger partial charge >= 0.3 is 0 Å². The Morgan fingerprint density at radius 2 is 2.19 bits per heavy atom. The molecule has 1 fully saturated rings. The van der Waals surface area contributed by atoms with Crippen molar-refractivity contribution in [3.63, 3.8) is 0 Å². The molecule has 0 bridgehead atoms. The van der Waals surface area contributed by atoms with Crippen LogP contribution in [0.25, 0.3) is 0 Å². The van der Waals surface area contributed by atoms with Crippen molar-refractivity contribution in [2.75, 3.05) is 6.54 Å². The maximum absolute atomic E-state index is 5.92. The molecule has 0 aliphatic heterocycles. The molecule has 3 nitrogen and oxygen atoms in total. The summed E-state index contributed by atoms with van der Waals surface area (Å²) in [4.78, 5) is 4.56. The van der Waals surface area contributed by atoms with E-state index in [0.29, 0.717) is 11.8 Å². The van der Waals surface area contributed by atoms with Gasteiger partial charge in [-0.15, -0.1) is 0 Å². The zero-order chi connectivity index (χ0) is 11.4. The minimum Gasteiger partial charge on any atom is -0.335 e. The van der Waals surface area contributed by atoms with Gasteiger partial charge < -0.3 is 10.3 Å². The fraction of sp³-hybridized carbons (Fsp3) is 0.769. The summed E-state index contributed by atoms with van der Waals surface area (Å²) in [6, 6.07) is 0. The molecule has 2 rings (SSSR count). The number of rotatable bonds is 3. The van der Waals surface area contributed by atoms with E-state index in [1.165, 1.54) is 37.9 Å². The lowest BCUT2D eigenvalue weighted by Crippen LogP contribution is -2.23. The fourth-order valence-electron chi connectivity index (χ4n) is 2.92. The first-order chi connectivity index (χ1) is 7.86. The fourth-order valence-corrected chi connectivity index (χ4v) is 2.92. The smallest absolute Gasteiger partial charge is 0.112 e. The quantitative estimate of drug-likeness (QED) is 0.797. The molecule has 1 saturated carbocycles. The van der Waals surface area contributed by atoms with Crippen LogP contribution in [-0.2, 0) is 6.54 Å². The number of nitrogens with two attached hydrogens (primary N) is 1. The number of aryl methyl sites for hydroxylation is 1. The van der Waals surface area contributed by atoms with Gasteiger partial charge in [0.2, 0.25) is 0 Å². The lowest BCUT2D eigenvalue weighted by molar-refractivity contribution is 0.383. The number of imidazole rings is 1. The second-order valence-corrected chi connectivity index (χ2v) is 4.81. The van der Waals surface area contributed by atoms with Gasteiger partial charge in [0.05, 0.1) is 0 Å². The third kappa shape index (κ3) is 2.29. The average molecular weight is 221 g/mol. The van der Waals surface area contributed by atoms with Gasteiger partial charge in [-0.25, -0.2) is 4.98 Å². The van der Waals surface area contributed by atoms with Crippen molar-refractivity contribution in [3.8, 4) is 0 Å². The lowest BCUT2D eigenvalue weighted by atomic mass is 9.87. The highest BCUT2D eigenvalue weighted by Crippen LogP contribution is 2.35. The Bertz CT molecular complexity index is 319. The van der Waals surface area contributed by atoms with Gasteiger partial charge in [0.1, 0.15) is 5.82 Å². The predicted molar refractivity (Wildman–Crippen MR) is 66.3 cm³/mol. The number of nitrogens with zero attached hydrogens (tertiary/aromatic N) is 2. The van der Waals surface area contributed by atoms with Crippen LogP contribution in [0, 0.1) is 5.92 Å². The Labute approximate surface area is 98.1 Å². The number of hydrogen-bond donors (Lipinski definition) is 1. The summed E-state index contributed by atoms with van der Waals surface area (Å²) in [7, 11) is 0. The van der Waals surface area contributed by atoms with E-state index in [-0.39, 0.29) is 0 Å². The molecule has 2 N–H and O–H groups in total. The summed E-state index contributed by atoms with van der Waals surface area (Å²) in [5.41, 5.74) is 5.92. The van der Waals surface area contributed by atoms with Crippen molar-refractivity contribution in [2.45, 2.75) is 51.5 Å². The molecule has 3 heteroatoms. The normalized spacial score (nSPS) is 26.6. The van der Waals surface area contributed by atoms with Gasteiger partial charge in [-0.2, -0.15) is 0 Å². The van der Waals surface area contributed by atoms with Crippen molar-refractivity contribution in [1.82, 2.24) is 9.55 Å². The molecule has 0 amide bonds. The van der Waals surface area contributed by atoms with Crippen molar-refractivity contribution < 1.29 is 0 Å². The summed E-state index contributed by atoms with van der Waals surface area (Å²) in [5.74, 6) is 2.48.